The van der Waals surface area contributed by atoms with Gasteiger partial charge in [0, 0.05) is 45.6 Å². The number of esters is 2. The molecule has 36 heavy (non-hydrogen) atoms. The molecule has 2 heterocycles. The zero-order chi connectivity index (χ0) is 26.1. The smallest absolute Gasteiger partial charge is 0.332 e. The van der Waals surface area contributed by atoms with Crippen molar-refractivity contribution in [1.29, 1.82) is 0 Å². The summed E-state index contributed by atoms with van der Waals surface area (Å²) in [4.78, 5) is 24.7. The Hall–Kier alpha value is -3.30. The third-order valence-corrected chi connectivity index (χ3v) is 5.93. The molecule has 188 valence electrons. The molecule has 10 heteroatoms. The summed E-state index contributed by atoms with van der Waals surface area (Å²) >= 11 is 12.2. The van der Waals surface area contributed by atoms with Gasteiger partial charge in [-0.2, -0.15) is 0 Å². The fourth-order valence-electron chi connectivity index (χ4n) is 3.99. The van der Waals surface area contributed by atoms with E-state index in [1.807, 2.05) is 45.8 Å². The molecule has 0 aliphatic rings. The van der Waals surface area contributed by atoms with Gasteiger partial charge in [-0.15, -0.1) is 0 Å². The molecule has 0 bridgehead atoms. The van der Waals surface area contributed by atoms with Crippen molar-refractivity contribution in [2.75, 3.05) is 0 Å². The second kappa shape index (κ2) is 9.99. The number of ether oxygens (including phenoxy) is 2. The molecule has 2 atom stereocenters. The summed E-state index contributed by atoms with van der Waals surface area (Å²) in [5.74, 6) is -1.59. The van der Waals surface area contributed by atoms with E-state index >= 15 is 0 Å². The van der Waals surface area contributed by atoms with Crippen LogP contribution in [0.2, 0.25) is 10.0 Å². The quantitative estimate of drug-likeness (QED) is 0.196. The summed E-state index contributed by atoms with van der Waals surface area (Å²) in [7, 11) is 0. The van der Waals surface area contributed by atoms with E-state index in [2.05, 4.69) is 0 Å². The van der Waals surface area contributed by atoms with Crippen LogP contribution in [0, 0.1) is 0 Å². The standard InChI is InChI=1S/C26H26Cl2N4O4/c1-25(29,15-31-11-9-17-3-5-19(27)13-21(17)31)35-23(33)7-8-24(34)36-26(2,30)16-32-12-10-18-4-6-20(28)14-22(18)32/h3-14H,15-16,29-30H2,1-2H3/b8-7+. The molecule has 2 aromatic carbocycles. The first kappa shape index (κ1) is 25.8. The second-order valence-corrected chi connectivity index (χ2v) is 9.97. The molecule has 0 fully saturated rings. The molecule has 2 unspecified atom stereocenters. The maximum Gasteiger partial charge on any atom is 0.332 e. The highest BCUT2D eigenvalue weighted by Gasteiger charge is 2.26. The van der Waals surface area contributed by atoms with E-state index in [0.29, 0.717) is 10.0 Å². The van der Waals surface area contributed by atoms with Gasteiger partial charge >= 0.3 is 11.9 Å². The van der Waals surface area contributed by atoms with Gasteiger partial charge in [-0.05, 0) is 61.0 Å². The van der Waals surface area contributed by atoms with Gasteiger partial charge in [0.25, 0.3) is 0 Å². The van der Waals surface area contributed by atoms with Crippen LogP contribution in [-0.2, 0) is 32.2 Å². The monoisotopic (exact) mass is 528 g/mol. The van der Waals surface area contributed by atoms with E-state index in [4.69, 9.17) is 44.1 Å². The lowest BCUT2D eigenvalue weighted by atomic mass is 10.2. The van der Waals surface area contributed by atoms with Crippen molar-refractivity contribution in [1.82, 2.24) is 9.13 Å². The van der Waals surface area contributed by atoms with Gasteiger partial charge < -0.3 is 18.6 Å². The number of halogens is 2. The van der Waals surface area contributed by atoms with Gasteiger partial charge in [0.05, 0.1) is 13.1 Å². The van der Waals surface area contributed by atoms with Crippen LogP contribution in [0.3, 0.4) is 0 Å². The molecule has 4 rings (SSSR count). The van der Waals surface area contributed by atoms with Gasteiger partial charge in [0.1, 0.15) is 0 Å². The Kier molecular flexibility index (Phi) is 7.15. The lowest BCUT2D eigenvalue weighted by Gasteiger charge is -2.26. The van der Waals surface area contributed by atoms with Gasteiger partial charge in [-0.25, -0.2) is 9.59 Å². The third-order valence-electron chi connectivity index (χ3n) is 5.46. The highest BCUT2D eigenvalue weighted by molar-refractivity contribution is 6.31. The van der Waals surface area contributed by atoms with Crippen LogP contribution in [0.1, 0.15) is 13.8 Å². The SMILES string of the molecule is CC(N)(Cn1ccc2ccc(Cl)cc21)OC(=O)/C=C/C(=O)OC(C)(N)Cn1ccc2ccc(Cl)cc21. The fraction of sp³-hybridized carbons (Fsp3) is 0.231. The number of nitrogens with two attached hydrogens (primary N) is 2. The summed E-state index contributed by atoms with van der Waals surface area (Å²) in [6.45, 7) is 3.49. The number of rotatable bonds is 8. The summed E-state index contributed by atoms with van der Waals surface area (Å²) in [5.41, 5.74) is 11.4. The van der Waals surface area contributed by atoms with E-state index < -0.39 is 23.4 Å². The molecule has 0 spiro atoms. The molecule has 2 aromatic heterocycles. The molecule has 4 aromatic rings. The molecule has 4 N–H and O–H groups in total. The van der Waals surface area contributed by atoms with Gasteiger partial charge in [-0.1, -0.05) is 35.3 Å². The average Bonchev–Trinajstić information content (AvgIpc) is 3.34. The van der Waals surface area contributed by atoms with Gasteiger partial charge in [0.15, 0.2) is 11.4 Å². The molecule has 0 radical (unpaired) electrons. The number of fused-ring (bicyclic) bond motifs is 2. The lowest BCUT2D eigenvalue weighted by Crippen LogP contribution is -2.45. The Labute approximate surface area is 217 Å². The summed E-state index contributed by atoms with van der Waals surface area (Å²) in [6.07, 6.45) is 5.58. The lowest BCUT2D eigenvalue weighted by molar-refractivity contribution is -0.155. The van der Waals surface area contributed by atoms with Gasteiger partial charge in [-0.3, -0.25) is 11.5 Å². The number of hydrogen-bond acceptors (Lipinski definition) is 6. The van der Waals surface area contributed by atoms with Crippen molar-refractivity contribution in [2.45, 2.75) is 38.4 Å². The van der Waals surface area contributed by atoms with E-state index in [1.165, 1.54) is 0 Å². The molecule has 8 nitrogen and oxygen atoms in total. The van der Waals surface area contributed by atoms with Crippen molar-refractivity contribution in [3.63, 3.8) is 0 Å². The minimum atomic E-state index is -1.35. The second-order valence-electron chi connectivity index (χ2n) is 9.09. The van der Waals surface area contributed by atoms with Crippen molar-refractivity contribution in [2.24, 2.45) is 11.5 Å². The van der Waals surface area contributed by atoms with Crippen LogP contribution in [-0.4, -0.2) is 32.5 Å². The average molecular weight is 529 g/mol. The summed E-state index contributed by atoms with van der Waals surface area (Å²) < 4.78 is 14.4. The zero-order valence-corrected chi connectivity index (χ0v) is 21.3. The van der Waals surface area contributed by atoms with E-state index in [-0.39, 0.29) is 13.1 Å². The maximum atomic E-state index is 12.3. The number of benzene rings is 2. The summed E-state index contributed by atoms with van der Waals surface area (Å²) in [5, 5.41) is 3.12. The Bertz CT molecular complexity index is 1360. The van der Waals surface area contributed by atoms with Crippen LogP contribution in [0.5, 0.6) is 0 Å². The van der Waals surface area contributed by atoms with Crippen LogP contribution in [0.25, 0.3) is 21.8 Å². The fourth-order valence-corrected chi connectivity index (χ4v) is 4.33. The first-order chi connectivity index (χ1) is 16.9. The Morgan fingerprint density at radius 2 is 1.17 bits per heavy atom. The Morgan fingerprint density at radius 1 is 0.778 bits per heavy atom. The predicted octanol–water partition coefficient (Wildman–Crippen LogP) is 4.60. The largest absolute Gasteiger partial charge is 0.439 e. The highest BCUT2D eigenvalue weighted by atomic mass is 35.5. The molecule has 0 aliphatic carbocycles. The molecule has 0 saturated carbocycles. The maximum absolute atomic E-state index is 12.3. The predicted molar refractivity (Wildman–Crippen MR) is 140 cm³/mol. The topological polar surface area (TPSA) is 114 Å². The zero-order valence-electron chi connectivity index (χ0n) is 19.8. The van der Waals surface area contributed by atoms with E-state index in [1.54, 1.807) is 38.1 Å². The number of carbonyl (C=O) groups excluding carboxylic acids is 2. The highest BCUT2D eigenvalue weighted by Crippen LogP contribution is 2.23. The van der Waals surface area contributed by atoms with Crippen LogP contribution in [0.4, 0.5) is 0 Å². The van der Waals surface area contributed by atoms with Crippen LogP contribution in [0.15, 0.2) is 73.1 Å². The summed E-state index contributed by atoms with van der Waals surface area (Å²) in [6, 6.07) is 14.8. The number of hydrogen-bond donors (Lipinski definition) is 2. The molecule has 0 saturated heterocycles. The molecular formula is C26H26Cl2N4O4. The normalized spacial score (nSPS) is 15.2. The van der Waals surface area contributed by atoms with Crippen molar-refractivity contribution < 1.29 is 19.1 Å². The van der Waals surface area contributed by atoms with Crippen molar-refractivity contribution in [3.8, 4) is 0 Å². The van der Waals surface area contributed by atoms with E-state index in [0.717, 1.165) is 34.0 Å². The molecular weight excluding hydrogens is 503 g/mol. The molecule has 0 aliphatic heterocycles. The van der Waals surface area contributed by atoms with E-state index in [9.17, 15) is 9.59 Å². The van der Waals surface area contributed by atoms with Crippen LogP contribution >= 0.6 is 23.2 Å². The third kappa shape index (κ3) is 6.27. The van der Waals surface area contributed by atoms with Gasteiger partial charge in [0.2, 0.25) is 0 Å². The number of aromatic nitrogens is 2. The first-order valence-corrected chi connectivity index (χ1v) is 11.9. The van der Waals surface area contributed by atoms with Crippen LogP contribution < -0.4 is 11.5 Å². The Balaban J connectivity index is 1.34. The number of carbonyl (C=O) groups is 2. The molecule has 0 amide bonds. The van der Waals surface area contributed by atoms with Crippen molar-refractivity contribution >= 4 is 56.9 Å². The first-order valence-electron chi connectivity index (χ1n) is 11.1. The Morgan fingerprint density at radius 3 is 1.56 bits per heavy atom. The number of nitrogens with zero attached hydrogens (tertiary/aromatic N) is 2. The van der Waals surface area contributed by atoms with Crippen molar-refractivity contribution in [3.05, 3.63) is 83.1 Å². The minimum absolute atomic E-state index is 0.177. The minimum Gasteiger partial charge on any atom is -0.439 e.